The number of hydrogen-bond donors (Lipinski definition) is 2. The lowest BCUT2D eigenvalue weighted by molar-refractivity contribution is 0.0596. The van der Waals surface area contributed by atoms with Gasteiger partial charge in [0.25, 0.3) is 6.43 Å². The van der Waals surface area contributed by atoms with Crippen molar-refractivity contribution >= 4 is 5.97 Å². The molecule has 0 amide bonds. The fourth-order valence-corrected chi connectivity index (χ4v) is 1.13. The number of alkyl halides is 2. The van der Waals surface area contributed by atoms with Gasteiger partial charge in [0.2, 0.25) is 0 Å². The van der Waals surface area contributed by atoms with Crippen molar-refractivity contribution < 1.29 is 23.4 Å². The fourth-order valence-electron chi connectivity index (χ4n) is 1.13. The zero-order valence-corrected chi connectivity index (χ0v) is 8.41. The van der Waals surface area contributed by atoms with Crippen molar-refractivity contribution in [3.8, 4) is 5.75 Å². The highest BCUT2D eigenvalue weighted by Gasteiger charge is 2.20. The molecule has 0 aromatic carbocycles. The normalized spacial score (nSPS) is 10.6. The van der Waals surface area contributed by atoms with E-state index in [-0.39, 0.29) is 17.8 Å². The minimum atomic E-state index is -2.85. The zero-order valence-electron chi connectivity index (χ0n) is 8.41. The number of ether oxygens (including phenoxy) is 1. The van der Waals surface area contributed by atoms with Gasteiger partial charge < -0.3 is 15.6 Å². The van der Waals surface area contributed by atoms with E-state index in [1.165, 1.54) is 0 Å². The molecule has 0 bridgehead atoms. The van der Waals surface area contributed by atoms with Gasteiger partial charge in [-0.15, -0.1) is 0 Å². The van der Waals surface area contributed by atoms with E-state index in [0.717, 1.165) is 13.2 Å². The van der Waals surface area contributed by atoms with E-state index in [0.29, 0.717) is 0 Å². The molecule has 1 rings (SSSR count). The monoisotopic (exact) mass is 232 g/mol. The van der Waals surface area contributed by atoms with Crippen molar-refractivity contribution in [2.75, 3.05) is 7.11 Å². The number of aromatic hydroxyl groups is 1. The predicted octanol–water partition coefficient (Wildman–Crippen LogP) is 0.970. The topological polar surface area (TPSA) is 85.4 Å². The van der Waals surface area contributed by atoms with Crippen LogP contribution >= 0.6 is 0 Å². The van der Waals surface area contributed by atoms with Gasteiger partial charge >= 0.3 is 5.97 Å². The molecule has 16 heavy (non-hydrogen) atoms. The minimum Gasteiger partial charge on any atom is -0.505 e. The van der Waals surface area contributed by atoms with Crippen molar-refractivity contribution in [2.45, 2.75) is 13.0 Å². The largest absolute Gasteiger partial charge is 0.505 e. The van der Waals surface area contributed by atoms with Gasteiger partial charge in [0.15, 0.2) is 5.75 Å². The van der Waals surface area contributed by atoms with Gasteiger partial charge in [0.05, 0.1) is 12.8 Å². The van der Waals surface area contributed by atoms with Gasteiger partial charge in [-0.05, 0) is 6.07 Å². The number of carbonyl (C=O) groups excluding carboxylic acids is 1. The SMILES string of the molecule is COC(=O)c1cc(C(F)F)nc(CN)c1O. The molecule has 0 atom stereocenters. The lowest BCUT2D eigenvalue weighted by Gasteiger charge is -2.09. The smallest absolute Gasteiger partial charge is 0.341 e. The average molecular weight is 232 g/mol. The maximum absolute atomic E-state index is 12.4. The maximum Gasteiger partial charge on any atom is 0.341 e. The first-order valence-corrected chi connectivity index (χ1v) is 4.30. The second-order valence-electron chi connectivity index (χ2n) is 2.89. The number of esters is 1. The molecule has 1 aromatic rings. The van der Waals surface area contributed by atoms with Crippen LogP contribution in [-0.2, 0) is 11.3 Å². The Bertz CT molecular complexity index is 410. The van der Waals surface area contributed by atoms with E-state index in [9.17, 15) is 18.7 Å². The second kappa shape index (κ2) is 4.84. The van der Waals surface area contributed by atoms with Crippen molar-refractivity contribution in [3.05, 3.63) is 23.0 Å². The van der Waals surface area contributed by atoms with Crippen LogP contribution in [0.4, 0.5) is 8.78 Å². The Morgan fingerprint density at radius 3 is 2.75 bits per heavy atom. The summed E-state index contributed by atoms with van der Waals surface area (Å²) in [7, 11) is 1.08. The standard InChI is InChI=1S/C9H10F2N2O3/c1-16-9(15)4-2-5(8(10)11)13-6(3-12)7(4)14/h2,8,14H,3,12H2,1H3. The van der Waals surface area contributed by atoms with Crippen LogP contribution < -0.4 is 5.73 Å². The Morgan fingerprint density at radius 2 is 2.31 bits per heavy atom. The molecule has 88 valence electrons. The fraction of sp³-hybridized carbons (Fsp3) is 0.333. The molecule has 1 aromatic heterocycles. The molecule has 0 saturated heterocycles. The third kappa shape index (κ3) is 2.25. The van der Waals surface area contributed by atoms with Crippen molar-refractivity contribution in [3.63, 3.8) is 0 Å². The summed E-state index contributed by atoms with van der Waals surface area (Å²) in [4.78, 5) is 14.6. The molecule has 0 radical (unpaired) electrons. The van der Waals surface area contributed by atoms with Crippen LogP contribution in [0.15, 0.2) is 6.07 Å². The van der Waals surface area contributed by atoms with Crippen LogP contribution in [-0.4, -0.2) is 23.2 Å². The zero-order chi connectivity index (χ0) is 12.3. The molecule has 7 heteroatoms. The quantitative estimate of drug-likeness (QED) is 0.758. The van der Waals surface area contributed by atoms with Crippen molar-refractivity contribution in [1.29, 1.82) is 0 Å². The van der Waals surface area contributed by atoms with E-state index in [1.807, 2.05) is 0 Å². The molecule has 3 N–H and O–H groups in total. The van der Waals surface area contributed by atoms with Gasteiger partial charge in [0, 0.05) is 6.54 Å². The molecule has 0 aliphatic heterocycles. The summed E-state index contributed by atoms with van der Waals surface area (Å²) in [6.45, 7) is -0.254. The Labute approximate surface area is 89.9 Å². The summed E-state index contributed by atoms with van der Waals surface area (Å²) >= 11 is 0. The summed E-state index contributed by atoms with van der Waals surface area (Å²) in [5, 5.41) is 9.51. The number of hydrogen-bond acceptors (Lipinski definition) is 5. The highest BCUT2D eigenvalue weighted by atomic mass is 19.3. The van der Waals surface area contributed by atoms with Crippen LogP contribution in [0.2, 0.25) is 0 Å². The number of carbonyl (C=O) groups is 1. The third-order valence-electron chi connectivity index (χ3n) is 1.91. The average Bonchev–Trinajstić information content (AvgIpc) is 2.28. The number of methoxy groups -OCH3 is 1. The van der Waals surface area contributed by atoms with E-state index < -0.39 is 23.8 Å². The molecular weight excluding hydrogens is 222 g/mol. The van der Waals surface area contributed by atoms with Crippen LogP contribution in [0.1, 0.15) is 28.2 Å². The predicted molar refractivity (Wildman–Crippen MR) is 50.1 cm³/mol. The van der Waals surface area contributed by atoms with Gasteiger partial charge in [-0.25, -0.2) is 18.6 Å². The van der Waals surface area contributed by atoms with Gasteiger partial charge in [-0.2, -0.15) is 0 Å². The molecule has 0 saturated carbocycles. The van der Waals surface area contributed by atoms with Gasteiger partial charge in [-0.3, -0.25) is 0 Å². The molecule has 0 fully saturated rings. The van der Waals surface area contributed by atoms with Crippen LogP contribution in [0.3, 0.4) is 0 Å². The summed E-state index contributed by atoms with van der Waals surface area (Å²) < 4.78 is 29.2. The van der Waals surface area contributed by atoms with E-state index >= 15 is 0 Å². The first kappa shape index (κ1) is 12.3. The van der Waals surface area contributed by atoms with E-state index in [4.69, 9.17) is 5.73 Å². The maximum atomic E-state index is 12.4. The van der Waals surface area contributed by atoms with E-state index in [1.54, 1.807) is 0 Å². The highest BCUT2D eigenvalue weighted by Crippen LogP contribution is 2.26. The number of nitrogens with zero attached hydrogens (tertiary/aromatic N) is 1. The Morgan fingerprint density at radius 1 is 1.69 bits per heavy atom. The van der Waals surface area contributed by atoms with Gasteiger partial charge in [0.1, 0.15) is 11.3 Å². The first-order valence-electron chi connectivity index (χ1n) is 4.30. The summed E-state index contributed by atoms with van der Waals surface area (Å²) in [6.07, 6.45) is -2.85. The van der Waals surface area contributed by atoms with Crippen molar-refractivity contribution in [2.24, 2.45) is 5.73 Å². The molecule has 0 aliphatic rings. The van der Waals surface area contributed by atoms with E-state index in [2.05, 4.69) is 9.72 Å². The number of aromatic nitrogens is 1. The lowest BCUT2D eigenvalue weighted by atomic mass is 10.1. The molecule has 5 nitrogen and oxygen atoms in total. The number of rotatable bonds is 3. The van der Waals surface area contributed by atoms with Crippen LogP contribution in [0, 0.1) is 0 Å². The summed E-state index contributed by atoms with van der Waals surface area (Å²) in [6, 6.07) is 0.783. The molecule has 0 spiro atoms. The highest BCUT2D eigenvalue weighted by molar-refractivity contribution is 5.92. The van der Waals surface area contributed by atoms with Crippen molar-refractivity contribution in [1.82, 2.24) is 4.98 Å². The molecule has 0 aliphatic carbocycles. The Kier molecular flexibility index (Phi) is 3.73. The molecular formula is C9H10F2N2O3. The number of nitrogens with two attached hydrogens (primary N) is 1. The summed E-state index contributed by atoms with van der Waals surface area (Å²) in [5.41, 5.74) is 4.05. The van der Waals surface area contributed by atoms with Gasteiger partial charge in [-0.1, -0.05) is 0 Å². The number of halogens is 2. The molecule has 0 unspecified atom stereocenters. The van der Waals surface area contributed by atoms with Crippen LogP contribution in [0.25, 0.3) is 0 Å². The second-order valence-corrected chi connectivity index (χ2v) is 2.89. The first-order chi connectivity index (χ1) is 7.51. The Hall–Kier alpha value is -1.76. The lowest BCUT2D eigenvalue weighted by Crippen LogP contribution is -2.09. The summed E-state index contributed by atoms with van der Waals surface area (Å²) in [5.74, 6) is -1.45. The minimum absolute atomic E-state index is 0.168. The van der Waals surface area contributed by atoms with Crippen LogP contribution in [0.5, 0.6) is 5.75 Å². The molecule has 1 heterocycles. The number of pyridine rings is 1. The third-order valence-corrected chi connectivity index (χ3v) is 1.91. The Balaban J connectivity index is 3.35.